The number of pyridine rings is 1. The Morgan fingerprint density at radius 3 is 2.73 bits per heavy atom. The second-order valence-electron chi connectivity index (χ2n) is 7.10. The van der Waals surface area contributed by atoms with Crippen molar-refractivity contribution < 1.29 is 9.53 Å². The monoisotopic (exact) mass is 353 g/mol. The van der Waals surface area contributed by atoms with E-state index in [0.717, 1.165) is 34.9 Å². The van der Waals surface area contributed by atoms with E-state index in [1.807, 2.05) is 45.0 Å². The van der Waals surface area contributed by atoms with Crippen LogP contribution in [0, 0.1) is 11.8 Å². The molecule has 1 aromatic carbocycles. The fraction of sp³-hybridized carbons (Fsp3) is 0.429. The van der Waals surface area contributed by atoms with Gasteiger partial charge in [-0.15, -0.1) is 0 Å². The second kappa shape index (κ2) is 8.57. The number of unbranched alkanes of at least 4 members (excludes halogenated alkanes) is 1. The Bertz CT molecular complexity index is 842. The number of fused-ring (bicyclic) bond motifs is 1. The Morgan fingerprint density at radius 1 is 1.31 bits per heavy atom. The van der Waals surface area contributed by atoms with Gasteiger partial charge in [-0.3, -0.25) is 0 Å². The number of anilines is 1. The molecule has 0 aliphatic rings. The van der Waals surface area contributed by atoms with Gasteiger partial charge in [0.25, 0.3) is 0 Å². The molecule has 2 aromatic rings. The molecule has 138 valence electrons. The molecule has 26 heavy (non-hydrogen) atoms. The van der Waals surface area contributed by atoms with Crippen molar-refractivity contribution in [1.29, 1.82) is 0 Å². The average Bonchev–Trinajstić information content (AvgIpc) is 2.55. The van der Waals surface area contributed by atoms with E-state index >= 15 is 0 Å². The third-order valence-corrected chi connectivity index (χ3v) is 3.66. The third-order valence-electron chi connectivity index (χ3n) is 3.66. The highest BCUT2D eigenvalue weighted by Gasteiger charge is 2.16. The van der Waals surface area contributed by atoms with E-state index in [-0.39, 0.29) is 0 Å². The highest BCUT2D eigenvalue weighted by atomic mass is 16.6. The summed E-state index contributed by atoms with van der Waals surface area (Å²) in [5.41, 5.74) is 8.23. The molecule has 0 radical (unpaired) electrons. The number of rotatable bonds is 4. The van der Waals surface area contributed by atoms with Gasteiger partial charge in [0, 0.05) is 18.4 Å². The predicted octanol–water partition coefficient (Wildman–Crippen LogP) is 4.04. The summed E-state index contributed by atoms with van der Waals surface area (Å²) < 4.78 is 5.28. The molecular weight excluding hydrogens is 326 g/mol. The van der Waals surface area contributed by atoms with E-state index in [2.05, 4.69) is 29.1 Å². The van der Waals surface area contributed by atoms with E-state index in [4.69, 9.17) is 10.5 Å². The summed E-state index contributed by atoms with van der Waals surface area (Å²) in [6.07, 6.45) is 1.97. The fourth-order valence-electron chi connectivity index (χ4n) is 2.58. The number of alkyl carbamates (subject to hydrolysis) is 1. The van der Waals surface area contributed by atoms with Crippen molar-refractivity contribution in [1.82, 2.24) is 10.3 Å². The lowest BCUT2D eigenvalue weighted by molar-refractivity contribution is 0.0528. The van der Waals surface area contributed by atoms with Crippen molar-refractivity contribution >= 4 is 22.8 Å². The molecule has 0 saturated heterocycles. The maximum Gasteiger partial charge on any atom is 0.407 e. The lowest BCUT2D eigenvalue weighted by Crippen LogP contribution is -2.33. The summed E-state index contributed by atoms with van der Waals surface area (Å²) in [6, 6.07) is 7.84. The summed E-state index contributed by atoms with van der Waals surface area (Å²) in [4.78, 5) is 16.3. The van der Waals surface area contributed by atoms with Gasteiger partial charge in [-0.2, -0.15) is 0 Å². The molecule has 0 atom stereocenters. The van der Waals surface area contributed by atoms with Gasteiger partial charge >= 0.3 is 6.09 Å². The van der Waals surface area contributed by atoms with E-state index in [1.165, 1.54) is 0 Å². The number of carbonyl (C=O) groups is 1. The van der Waals surface area contributed by atoms with Gasteiger partial charge in [-0.1, -0.05) is 37.0 Å². The molecule has 1 aromatic heterocycles. The predicted molar refractivity (Wildman–Crippen MR) is 106 cm³/mol. The summed E-state index contributed by atoms with van der Waals surface area (Å²) in [5.74, 6) is 6.75. The zero-order valence-electron chi connectivity index (χ0n) is 16.0. The number of carbonyl (C=O) groups excluding carboxylic acids is 1. The first-order valence-corrected chi connectivity index (χ1v) is 8.94. The van der Waals surface area contributed by atoms with Crippen molar-refractivity contribution in [2.45, 2.75) is 52.6 Å². The molecule has 5 heteroatoms. The van der Waals surface area contributed by atoms with Crippen LogP contribution in [-0.2, 0) is 11.2 Å². The molecule has 0 saturated carbocycles. The normalized spacial score (nSPS) is 10.9. The molecule has 1 amide bonds. The fourth-order valence-corrected chi connectivity index (χ4v) is 2.58. The van der Waals surface area contributed by atoms with Crippen LogP contribution in [0.25, 0.3) is 10.9 Å². The molecule has 5 nitrogen and oxygen atoms in total. The molecule has 0 unspecified atom stereocenters. The van der Waals surface area contributed by atoms with Crippen LogP contribution in [0.3, 0.4) is 0 Å². The SMILES string of the molecule is CCCC#Cc1c(N)nc2ccccc2c1CCNC(=O)OC(C)(C)C. The highest BCUT2D eigenvalue weighted by molar-refractivity contribution is 5.87. The van der Waals surface area contributed by atoms with Crippen LogP contribution in [0.15, 0.2) is 24.3 Å². The van der Waals surface area contributed by atoms with Crippen LogP contribution in [0.5, 0.6) is 0 Å². The Labute approximate surface area is 155 Å². The van der Waals surface area contributed by atoms with Crippen molar-refractivity contribution in [2.24, 2.45) is 0 Å². The van der Waals surface area contributed by atoms with Gasteiger partial charge < -0.3 is 15.8 Å². The quantitative estimate of drug-likeness (QED) is 0.814. The van der Waals surface area contributed by atoms with Crippen molar-refractivity contribution in [3.63, 3.8) is 0 Å². The first kappa shape index (κ1) is 19.6. The van der Waals surface area contributed by atoms with Gasteiger partial charge in [0.15, 0.2) is 0 Å². The van der Waals surface area contributed by atoms with Gasteiger partial charge in [-0.05, 0) is 45.2 Å². The van der Waals surface area contributed by atoms with Crippen molar-refractivity contribution in [3.05, 3.63) is 35.4 Å². The zero-order chi connectivity index (χ0) is 19.2. The number of hydrogen-bond acceptors (Lipinski definition) is 4. The Hall–Kier alpha value is -2.74. The van der Waals surface area contributed by atoms with Gasteiger partial charge in [0.2, 0.25) is 0 Å². The van der Waals surface area contributed by atoms with Crippen LogP contribution >= 0.6 is 0 Å². The topological polar surface area (TPSA) is 77.2 Å². The van der Waals surface area contributed by atoms with Crippen molar-refractivity contribution in [3.8, 4) is 11.8 Å². The first-order valence-electron chi connectivity index (χ1n) is 8.94. The van der Waals surface area contributed by atoms with E-state index in [0.29, 0.717) is 18.8 Å². The van der Waals surface area contributed by atoms with Crippen LogP contribution in [0.1, 0.15) is 51.7 Å². The molecular formula is C21H27N3O2. The highest BCUT2D eigenvalue weighted by Crippen LogP contribution is 2.25. The first-order chi connectivity index (χ1) is 12.3. The number of aromatic nitrogens is 1. The van der Waals surface area contributed by atoms with Gasteiger partial charge in [-0.25, -0.2) is 9.78 Å². The average molecular weight is 353 g/mol. The molecule has 0 fully saturated rings. The summed E-state index contributed by atoms with van der Waals surface area (Å²) in [6.45, 7) is 8.04. The molecule has 1 heterocycles. The molecule has 3 N–H and O–H groups in total. The van der Waals surface area contributed by atoms with Crippen LogP contribution in [0.4, 0.5) is 10.6 Å². The molecule has 0 spiro atoms. The number of nitrogens with two attached hydrogens (primary N) is 1. The second-order valence-corrected chi connectivity index (χ2v) is 7.10. The molecule has 2 rings (SSSR count). The van der Waals surface area contributed by atoms with Crippen LogP contribution < -0.4 is 11.1 Å². The number of amides is 1. The largest absolute Gasteiger partial charge is 0.444 e. The maximum atomic E-state index is 11.9. The van der Waals surface area contributed by atoms with Crippen LogP contribution in [-0.4, -0.2) is 23.2 Å². The standard InChI is InChI=1S/C21H27N3O2/c1-5-6-7-11-17-15(13-14-23-20(25)26-21(2,3)4)16-10-8-9-12-18(16)24-19(17)22/h8-10,12H,5-6,13-14H2,1-4H3,(H2,22,24)(H,23,25). The minimum Gasteiger partial charge on any atom is -0.444 e. The number of ether oxygens (including phenoxy) is 1. The summed E-state index contributed by atoms with van der Waals surface area (Å²) >= 11 is 0. The Morgan fingerprint density at radius 2 is 2.04 bits per heavy atom. The number of benzene rings is 1. The minimum atomic E-state index is -0.519. The zero-order valence-corrected chi connectivity index (χ0v) is 16.0. The van der Waals surface area contributed by atoms with Crippen LogP contribution in [0.2, 0.25) is 0 Å². The number of nitrogens with zero attached hydrogens (tertiary/aromatic N) is 1. The minimum absolute atomic E-state index is 0.428. The lowest BCUT2D eigenvalue weighted by atomic mass is 9.99. The van der Waals surface area contributed by atoms with Crippen molar-refractivity contribution in [2.75, 3.05) is 12.3 Å². The number of nitrogens with one attached hydrogen (secondary N) is 1. The van der Waals surface area contributed by atoms with E-state index < -0.39 is 11.7 Å². The van der Waals surface area contributed by atoms with E-state index in [1.54, 1.807) is 0 Å². The summed E-state index contributed by atoms with van der Waals surface area (Å²) in [5, 5.41) is 3.80. The molecule has 0 bridgehead atoms. The molecule has 0 aliphatic heterocycles. The molecule has 0 aliphatic carbocycles. The number of hydrogen-bond donors (Lipinski definition) is 2. The summed E-state index contributed by atoms with van der Waals surface area (Å²) in [7, 11) is 0. The Kier molecular flexibility index (Phi) is 6.46. The smallest absolute Gasteiger partial charge is 0.407 e. The Balaban J connectivity index is 2.27. The number of para-hydroxylation sites is 1. The number of nitrogen functional groups attached to an aromatic ring is 1. The van der Waals surface area contributed by atoms with Gasteiger partial charge in [0.05, 0.1) is 11.1 Å². The van der Waals surface area contributed by atoms with E-state index in [9.17, 15) is 4.79 Å². The van der Waals surface area contributed by atoms with Gasteiger partial charge in [0.1, 0.15) is 11.4 Å². The maximum absolute atomic E-state index is 11.9. The lowest BCUT2D eigenvalue weighted by Gasteiger charge is -2.20. The third kappa shape index (κ3) is 5.38.